The number of fused-ring (bicyclic) bond motifs is 6. The molecule has 0 unspecified atom stereocenters. The fraction of sp³-hybridized carbons (Fsp3) is 0.240. The molecular weight excluding hydrogens is 374 g/mol. The second kappa shape index (κ2) is 6.02. The molecule has 4 atom stereocenters. The van der Waals surface area contributed by atoms with Crippen LogP contribution >= 0.6 is 0 Å². The first kappa shape index (κ1) is 16.3. The highest BCUT2D eigenvalue weighted by Crippen LogP contribution is 2.42. The summed E-state index contributed by atoms with van der Waals surface area (Å²) in [6.07, 6.45) is 1.93. The van der Waals surface area contributed by atoms with Gasteiger partial charge in [-0.05, 0) is 34.4 Å². The molecule has 0 saturated heterocycles. The number of pyridine rings is 1. The van der Waals surface area contributed by atoms with Gasteiger partial charge in [0, 0.05) is 12.8 Å². The number of benzene rings is 2. The van der Waals surface area contributed by atoms with E-state index in [0.717, 1.165) is 24.2 Å². The molecule has 2 aromatic carbocycles. The Morgan fingerprint density at radius 2 is 1.10 bits per heavy atom. The van der Waals surface area contributed by atoms with Gasteiger partial charge in [-0.15, -0.1) is 0 Å². The molecular formula is C25H19N3O2. The number of hydrogen-bond acceptors (Lipinski definition) is 5. The van der Waals surface area contributed by atoms with Gasteiger partial charge >= 0.3 is 0 Å². The van der Waals surface area contributed by atoms with E-state index in [1.165, 1.54) is 22.3 Å². The van der Waals surface area contributed by atoms with E-state index in [1.807, 2.05) is 18.2 Å². The minimum absolute atomic E-state index is 0.0672. The molecule has 2 aliphatic carbocycles. The van der Waals surface area contributed by atoms with E-state index in [0.29, 0.717) is 11.8 Å². The van der Waals surface area contributed by atoms with Crippen LogP contribution in [0.5, 0.6) is 0 Å². The standard InChI is InChI=1S/C25H19N3O2/c1-3-8-16-14(6-1)12-20-22(16)27-24(29-20)18-10-5-11-19(26-18)25-28-23-17-9-4-2-7-15(17)13-21(23)30-25/h1-11,20-23H,12-13H2/t20-,21-,22-,23+/m0/s1. The topological polar surface area (TPSA) is 56.1 Å². The van der Waals surface area contributed by atoms with E-state index in [4.69, 9.17) is 24.4 Å². The molecule has 3 aromatic rings. The van der Waals surface area contributed by atoms with Gasteiger partial charge in [0.05, 0.1) is 0 Å². The van der Waals surface area contributed by atoms with Crippen LogP contribution in [-0.4, -0.2) is 29.0 Å². The number of hydrogen-bond donors (Lipinski definition) is 0. The van der Waals surface area contributed by atoms with Crippen LogP contribution in [0.1, 0.15) is 45.7 Å². The van der Waals surface area contributed by atoms with E-state index in [-0.39, 0.29) is 24.3 Å². The van der Waals surface area contributed by atoms with E-state index in [2.05, 4.69) is 48.5 Å². The average molecular weight is 393 g/mol. The molecule has 0 bridgehead atoms. The molecule has 0 N–H and O–H groups in total. The zero-order valence-electron chi connectivity index (χ0n) is 16.2. The minimum atomic E-state index is 0.0672. The maximum atomic E-state index is 6.20. The maximum absolute atomic E-state index is 6.20. The van der Waals surface area contributed by atoms with Crippen molar-refractivity contribution in [3.05, 3.63) is 100 Å². The molecule has 0 amide bonds. The van der Waals surface area contributed by atoms with Crippen molar-refractivity contribution in [3.63, 3.8) is 0 Å². The molecule has 4 aliphatic rings. The van der Waals surface area contributed by atoms with E-state index >= 15 is 0 Å². The zero-order valence-corrected chi connectivity index (χ0v) is 16.2. The van der Waals surface area contributed by atoms with Crippen molar-refractivity contribution in [2.75, 3.05) is 0 Å². The van der Waals surface area contributed by atoms with Crippen molar-refractivity contribution in [1.29, 1.82) is 0 Å². The summed E-state index contributed by atoms with van der Waals surface area (Å²) in [4.78, 5) is 14.5. The predicted molar refractivity (Wildman–Crippen MR) is 113 cm³/mol. The van der Waals surface area contributed by atoms with Gasteiger partial charge in [0.15, 0.2) is 0 Å². The largest absolute Gasteiger partial charge is 0.470 e. The lowest BCUT2D eigenvalue weighted by atomic mass is 10.1. The number of ether oxygens (including phenoxy) is 2. The van der Waals surface area contributed by atoms with E-state index in [1.54, 1.807) is 0 Å². The molecule has 1 aromatic heterocycles. The molecule has 0 radical (unpaired) electrons. The average Bonchev–Trinajstić information content (AvgIpc) is 3.52. The number of nitrogens with zero attached hydrogens (tertiary/aromatic N) is 3. The Balaban J connectivity index is 1.20. The number of aliphatic imine (C=N–C) groups is 2. The highest BCUT2D eigenvalue weighted by atomic mass is 16.5. The van der Waals surface area contributed by atoms with Crippen molar-refractivity contribution in [2.45, 2.75) is 37.1 Å². The smallest absolute Gasteiger partial charge is 0.236 e. The second-order valence-corrected chi connectivity index (χ2v) is 8.28. The fourth-order valence-corrected chi connectivity index (χ4v) is 5.12. The molecule has 5 nitrogen and oxygen atoms in total. The Hall–Kier alpha value is -3.47. The van der Waals surface area contributed by atoms with Crippen molar-refractivity contribution in [3.8, 4) is 0 Å². The summed E-state index contributed by atoms with van der Waals surface area (Å²) in [6.45, 7) is 0. The Morgan fingerprint density at radius 1 is 0.600 bits per heavy atom. The lowest BCUT2D eigenvalue weighted by Crippen LogP contribution is -2.17. The van der Waals surface area contributed by atoms with Crippen LogP contribution < -0.4 is 0 Å². The van der Waals surface area contributed by atoms with Gasteiger partial charge in [-0.3, -0.25) is 0 Å². The van der Waals surface area contributed by atoms with Crippen LogP contribution in [0.3, 0.4) is 0 Å². The Morgan fingerprint density at radius 3 is 1.63 bits per heavy atom. The van der Waals surface area contributed by atoms with Gasteiger partial charge in [-0.2, -0.15) is 0 Å². The summed E-state index contributed by atoms with van der Waals surface area (Å²) < 4.78 is 12.4. The molecule has 0 saturated carbocycles. The summed E-state index contributed by atoms with van der Waals surface area (Å²) >= 11 is 0. The normalized spacial score (nSPS) is 27.3. The summed E-state index contributed by atoms with van der Waals surface area (Å²) in [6, 6.07) is 22.9. The van der Waals surface area contributed by atoms with E-state index < -0.39 is 0 Å². The first-order chi connectivity index (χ1) is 14.8. The lowest BCUT2D eigenvalue weighted by molar-refractivity contribution is 0.205. The van der Waals surface area contributed by atoms with Gasteiger partial charge in [-0.1, -0.05) is 54.6 Å². The summed E-state index contributed by atoms with van der Waals surface area (Å²) in [7, 11) is 0. The van der Waals surface area contributed by atoms with Crippen LogP contribution in [0.15, 0.2) is 76.7 Å². The first-order valence-corrected chi connectivity index (χ1v) is 10.5. The van der Waals surface area contributed by atoms with Crippen LogP contribution in [0, 0.1) is 0 Å². The SMILES string of the molecule is c1cc(C2=N[C@@H]3c4ccccc4C[C@@H]3O2)nc(C2=N[C@H]3c4ccccc4C[C@@H]3O2)c1. The van der Waals surface area contributed by atoms with Crippen molar-refractivity contribution in [1.82, 2.24) is 4.98 Å². The van der Waals surface area contributed by atoms with Crippen molar-refractivity contribution < 1.29 is 9.47 Å². The summed E-state index contributed by atoms with van der Waals surface area (Å²) in [5.74, 6) is 1.23. The van der Waals surface area contributed by atoms with Crippen molar-refractivity contribution in [2.24, 2.45) is 9.98 Å². The number of aromatic nitrogens is 1. The molecule has 0 fully saturated rings. The number of rotatable bonds is 2. The third-order valence-electron chi connectivity index (χ3n) is 6.52. The fourth-order valence-electron chi connectivity index (χ4n) is 5.12. The highest BCUT2D eigenvalue weighted by molar-refractivity contribution is 5.97. The summed E-state index contributed by atoms with van der Waals surface area (Å²) in [5, 5.41) is 0. The molecule has 0 spiro atoms. The maximum Gasteiger partial charge on any atom is 0.236 e. The third-order valence-corrected chi connectivity index (χ3v) is 6.52. The van der Waals surface area contributed by atoms with Crippen LogP contribution in [0.2, 0.25) is 0 Å². The molecule has 3 heterocycles. The molecule has 146 valence electrons. The minimum Gasteiger partial charge on any atom is -0.470 e. The Kier molecular flexibility index (Phi) is 3.28. The van der Waals surface area contributed by atoms with Gasteiger partial charge in [-0.25, -0.2) is 15.0 Å². The third kappa shape index (κ3) is 2.32. The van der Waals surface area contributed by atoms with Gasteiger partial charge in [0.1, 0.15) is 35.7 Å². The second-order valence-electron chi connectivity index (χ2n) is 8.28. The molecule has 30 heavy (non-hydrogen) atoms. The molecule has 2 aliphatic heterocycles. The zero-order chi connectivity index (χ0) is 19.7. The van der Waals surface area contributed by atoms with Gasteiger partial charge < -0.3 is 9.47 Å². The lowest BCUT2D eigenvalue weighted by Gasteiger charge is -2.10. The predicted octanol–water partition coefficient (Wildman–Crippen LogP) is 3.97. The molecule has 5 heteroatoms. The Labute approximate surface area is 174 Å². The molecule has 7 rings (SSSR count). The van der Waals surface area contributed by atoms with Crippen molar-refractivity contribution >= 4 is 11.8 Å². The van der Waals surface area contributed by atoms with Crippen LogP contribution in [0.4, 0.5) is 0 Å². The van der Waals surface area contributed by atoms with Crippen LogP contribution in [0.25, 0.3) is 0 Å². The Bertz CT molecular complexity index is 1160. The summed E-state index contributed by atoms with van der Waals surface area (Å²) in [5.41, 5.74) is 6.67. The highest BCUT2D eigenvalue weighted by Gasteiger charge is 2.41. The van der Waals surface area contributed by atoms with Gasteiger partial charge in [0.2, 0.25) is 11.8 Å². The monoisotopic (exact) mass is 393 g/mol. The first-order valence-electron chi connectivity index (χ1n) is 10.5. The van der Waals surface area contributed by atoms with E-state index in [9.17, 15) is 0 Å². The quantitative estimate of drug-likeness (QED) is 0.662. The van der Waals surface area contributed by atoms with Crippen LogP contribution in [-0.2, 0) is 22.3 Å². The van der Waals surface area contributed by atoms with Gasteiger partial charge in [0.25, 0.3) is 0 Å².